The van der Waals surface area contributed by atoms with Crippen molar-refractivity contribution >= 4 is 17.5 Å². The van der Waals surface area contributed by atoms with E-state index < -0.39 is 0 Å². The van der Waals surface area contributed by atoms with Crippen LogP contribution in [0, 0.1) is 5.82 Å². The Morgan fingerprint density at radius 1 is 1.22 bits per heavy atom. The van der Waals surface area contributed by atoms with Crippen molar-refractivity contribution in [2.75, 3.05) is 18.0 Å². The van der Waals surface area contributed by atoms with Crippen molar-refractivity contribution in [2.24, 2.45) is 0 Å². The van der Waals surface area contributed by atoms with Gasteiger partial charge in [-0.15, -0.1) is 0 Å². The third kappa shape index (κ3) is 5.51. The van der Waals surface area contributed by atoms with Gasteiger partial charge in [0.25, 0.3) is 0 Å². The summed E-state index contributed by atoms with van der Waals surface area (Å²) in [5.74, 6) is -0.829. The molecule has 1 N–H and O–H groups in total. The molecule has 0 radical (unpaired) electrons. The van der Waals surface area contributed by atoms with E-state index in [0.29, 0.717) is 12.2 Å². The lowest BCUT2D eigenvalue weighted by molar-refractivity contribution is -0.123. The number of hydrogen-bond donors (Lipinski definition) is 1. The van der Waals surface area contributed by atoms with E-state index >= 15 is 0 Å². The predicted octanol–water partition coefficient (Wildman–Crippen LogP) is 3.19. The zero-order valence-electron chi connectivity index (χ0n) is 13.5. The highest BCUT2D eigenvalue weighted by Crippen LogP contribution is 2.19. The van der Waals surface area contributed by atoms with Gasteiger partial charge in [0.15, 0.2) is 0 Å². The van der Waals surface area contributed by atoms with Crippen molar-refractivity contribution in [3.8, 4) is 0 Å². The number of carbonyl (C=O) groups excluding carboxylic acids is 2. The Labute approximate surface area is 136 Å². The van der Waals surface area contributed by atoms with E-state index in [0.717, 1.165) is 19.3 Å². The van der Waals surface area contributed by atoms with Crippen molar-refractivity contribution in [1.82, 2.24) is 5.32 Å². The summed E-state index contributed by atoms with van der Waals surface area (Å²) in [5, 5.41) is 2.85. The lowest BCUT2D eigenvalue weighted by Gasteiger charge is -2.21. The van der Waals surface area contributed by atoms with Gasteiger partial charge in [-0.05, 0) is 56.4 Å². The Morgan fingerprint density at radius 3 is 2.57 bits per heavy atom. The van der Waals surface area contributed by atoms with Crippen LogP contribution >= 0.6 is 0 Å². The van der Waals surface area contributed by atoms with E-state index in [9.17, 15) is 14.0 Å². The highest BCUT2D eigenvalue weighted by molar-refractivity contribution is 5.97. The van der Waals surface area contributed by atoms with Crippen molar-refractivity contribution in [2.45, 2.75) is 39.0 Å². The summed E-state index contributed by atoms with van der Waals surface area (Å²) < 4.78 is 13.0. The number of benzene rings is 1. The molecule has 0 aliphatic heterocycles. The Balaban J connectivity index is 1.84. The van der Waals surface area contributed by atoms with Gasteiger partial charge >= 0.3 is 0 Å². The molecule has 1 aromatic rings. The number of allylic oxidation sites excluding steroid dienone is 1. The molecular weight excluding hydrogens is 295 g/mol. The van der Waals surface area contributed by atoms with Gasteiger partial charge in [-0.3, -0.25) is 9.59 Å². The number of nitrogens with one attached hydrogen (secondary N) is 1. The monoisotopic (exact) mass is 318 g/mol. The molecule has 5 heteroatoms. The first kappa shape index (κ1) is 17.2. The predicted molar refractivity (Wildman–Crippen MR) is 88.6 cm³/mol. The number of carbonyl (C=O) groups is 2. The van der Waals surface area contributed by atoms with Crippen molar-refractivity contribution in [3.63, 3.8) is 0 Å². The maximum absolute atomic E-state index is 13.0. The summed E-state index contributed by atoms with van der Waals surface area (Å²) in [4.78, 5) is 25.1. The van der Waals surface area contributed by atoms with Gasteiger partial charge in [-0.1, -0.05) is 11.6 Å². The fourth-order valence-electron chi connectivity index (χ4n) is 2.70. The van der Waals surface area contributed by atoms with Crippen LogP contribution in [0.5, 0.6) is 0 Å². The number of amides is 2. The lowest BCUT2D eigenvalue weighted by Crippen LogP contribution is -2.40. The van der Waals surface area contributed by atoms with Gasteiger partial charge in [-0.2, -0.15) is 0 Å². The fraction of sp³-hybridized carbons (Fsp3) is 0.444. The summed E-state index contributed by atoms with van der Waals surface area (Å²) in [6.07, 6.45) is 7.85. The Hall–Kier alpha value is -2.17. The normalized spacial score (nSPS) is 14.1. The van der Waals surface area contributed by atoms with Crippen molar-refractivity contribution < 1.29 is 14.0 Å². The molecule has 23 heavy (non-hydrogen) atoms. The van der Waals surface area contributed by atoms with Crippen LogP contribution in [0.1, 0.15) is 39.0 Å². The van der Waals surface area contributed by atoms with Gasteiger partial charge < -0.3 is 10.2 Å². The molecule has 1 aliphatic carbocycles. The topological polar surface area (TPSA) is 49.4 Å². The lowest BCUT2D eigenvalue weighted by atomic mass is 9.97. The van der Waals surface area contributed by atoms with Gasteiger partial charge in [-0.25, -0.2) is 4.39 Å². The number of nitrogens with zero attached hydrogens (tertiary/aromatic N) is 1. The van der Waals surface area contributed by atoms with Crippen LogP contribution < -0.4 is 10.2 Å². The average molecular weight is 318 g/mol. The number of halogens is 1. The van der Waals surface area contributed by atoms with E-state index in [1.807, 2.05) is 0 Å². The summed E-state index contributed by atoms with van der Waals surface area (Å²) in [6, 6.07) is 5.55. The highest BCUT2D eigenvalue weighted by Gasteiger charge is 2.15. The first-order chi connectivity index (χ1) is 11.1. The molecule has 0 fully saturated rings. The minimum atomic E-state index is -0.373. The van der Waals surface area contributed by atoms with Crippen LogP contribution in [0.4, 0.5) is 10.1 Å². The SMILES string of the molecule is CC(=O)N(CC(=O)NCCC1=CCCCC1)c1ccc(F)cc1. The van der Waals surface area contributed by atoms with Crippen LogP contribution in [-0.2, 0) is 9.59 Å². The Morgan fingerprint density at radius 2 is 1.96 bits per heavy atom. The van der Waals surface area contributed by atoms with E-state index in [1.165, 1.54) is 54.5 Å². The number of rotatable bonds is 6. The summed E-state index contributed by atoms with van der Waals surface area (Å²) >= 11 is 0. The molecule has 0 atom stereocenters. The minimum absolute atomic E-state index is 0.0555. The van der Waals surface area contributed by atoms with Crippen LogP contribution in [0.15, 0.2) is 35.9 Å². The van der Waals surface area contributed by atoms with Crippen LogP contribution in [-0.4, -0.2) is 24.9 Å². The van der Waals surface area contributed by atoms with E-state index in [1.54, 1.807) is 0 Å². The zero-order valence-corrected chi connectivity index (χ0v) is 13.5. The van der Waals surface area contributed by atoms with Crippen LogP contribution in [0.3, 0.4) is 0 Å². The van der Waals surface area contributed by atoms with E-state index in [2.05, 4.69) is 11.4 Å². The largest absolute Gasteiger partial charge is 0.354 e. The molecule has 2 amide bonds. The first-order valence-electron chi connectivity index (χ1n) is 8.04. The van der Waals surface area contributed by atoms with E-state index in [-0.39, 0.29) is 24.2 Å². The van der Waals surface area contributed by atoms with Gasteiger partial charge in [0.05, 0.1) is 0 Å². The third-order valence-corrected chi connectivity index (χ3v) is 3.97. The second kappa shape index (κ2) is 8.46. The highest BCUT2D eigenvalue weighted by atomic mass is 19.1. The van der Waals surface area contributed by atoms with E-state index in [4.69, 9.17) is 0 Å². The first-order valence-corrected chi connectivity index (χ1v) is 8.04. The molecule has 0 bridgehead atoms. The molecule has 0 unspecified atom stereocenters. The molecule has 0 spiro atoms. The summed E-state index contributed by atoms with van der Waals surface area (Å²) in [7, 11) is 0. The zero-order chi connectivity index (χ0) is 16.7. The van der Waals surface area contributed by atoms with Crippen LogP contribution in [0.2, 0.25) is 0 Å². The Kier molecular flexibility index (Phi) is 6.32. The second-order valence-electron chi connectivity index (χ2n) is 5.79. The van der Waals surface area contributed by atoms with Gasteiger partial charge in [0, 0.05) is 19.2 Å². The molecule has 0 heterocycles. The van der Waals surface area contributed by atoms with Gasteiger partial charge in [0.1, 0.15) is 12.4 Å². The average Bonchev–Trinajstić information content (AvgIpc) is 2.54. The van der Waals surface area contributed by atoms with Crippen LogP contribution in [0.25, 0.3) is 0 Å². The summed E-state index contributed by atoms with van der Waals surface area (Å²) in [5.41, 5.74) is 1.92. The third-order valence-electron chi connectivity index (χ3n) is 3.97. The standard InChI is InChI=1S/C18H23FN2O2/c1-14(22)21(17-9-7-16(19)8-10-17)13-18(23)20-12-11-15-5-3-2-4-6-15/h5,7-10H,2-4,6,11-13H2,1H3,(H,20,23). The fourth-order valence-corrected chi connectivity index (χ4v) is 2.70. The quantitative estimate of drug-likeness (QED) is 0.819. The molecular formula is C18H23FN2O2. The maximum atomic E-state index is 13.0. The van der Waals surface area contributed by atoms with Crippen molar-refractivity contribution in [1.29, 1.82) is 0 Å². The number of anilines is 1. The molecule has 0 aromatic heterocycles. The molecule has 1 aromatic carbocycles. The Bertz CT molecular complexity index is 581. The maximum Gasteiger partial charge on any atom is 0.240 e. The number of hydrogen-bond acceptors (Lipinski definition) is 2. The van der Waals surface area contributed by atoms with Gasteiger partial charge in [0.2, 0.25) is 11.8 Å². The van der Waals surface area contributed by atoms with Crippen molar-refractivity contribution in [3.05, 3.63) is 41.7 Å². The minimum Gasteiger partial charge on any atom is -0.354 e. The molecule has 0 saturated carbocycles. The molecule has 124 valence electrons. The molecule has 1 aliphatic rings. The molecule has 0 saturated heterocycles. The molecule has 4 nitrogen and oxygen atoms in total. The smallest absolute Gasteiger partial charge is 0.240 e. The molecule has 2 rings (SSSR count). The summed E-state index contributed by atoms with van der Waals surface area (Å²) in [6.45, 7) is 1.92. The second-order valence-corrected chi connectivity index (χ2v) is 5.79.